The molecule has 0 radical (unpaired) electrons. The van der Waals surface area contributed by atoms with Gasteiger partial charge in [0, 0.05) is 25.6 Å². The monoisotopic (exact) mass is 387 g/mol. The number of amides is 1. The Morgan fingerprint density at radius 2 is 2.29 bits per heavy atom. The van der Waals surface area contributed by atoms with Crippen molar-refractivity contribution in [1.82, 2.24) is 9.80 Å². The van der Waals surface area contributed by atoms with Gasteiger partial charge in [-0.15, -0.1) is 0 Å². The average Bonchev–Trinajstić information content (AvgIpc) is 3.26. The molecule has 2 aliphatic heterocycles. The predicted molar refractivity (Wildman–Crippen MR) is 97.5 cm³/mol. The Hall–Kier alpha value is -3.19. The highest BCUT2D eigenvalue weighted by molar-refractivity contribution is 5.95. The quantitative estimate of drug-likeness (QED) is 0.556. The van der Waals surface area contributed by atoms with Crippen LogP contribution >= 0.6 is 0 Å². The molecule has 0 aliphatic carbocycles. The second-order valence-corrected chi connectivity index (χ2v) is 6.88. The van der Waals surface area contributed by atoms with E-state index in [-0.39, 0.29) is 25.0 Å². The summed E-state index contributed by atoms with van der Waals surface area (Å²) in [5, 5.41) is 22.5. The summed E-state index contributed by atoms with van der Waals surface area (Å²) >= 11 is 0. The van der Waals surface area contributed by atoms with E-state index in [1.165, 1.54) is 4.90 Å². The highest BCUT2D eigenvalue weighted by atomic mass is 16.7. The zero-order valence-electron chi connectivity index (χ0n) is 15.5. The normalized spacial score (nSPS) is 23.1. The van der Waals surface area contributed by atoms with Crippen LogP contribution in [-0.2, 0) is 16.1 Å². The van der Waals surface area contributed by atoms with Gasteiger partial charge in [0.15, 0.2) is 5.03 Å². The van der Waals surface area contributed by atoms with Gasteiger partial charge in [-0.2, -0.15) is 5.26 Å². The fraction of sp³-hybridized carbons (Fsp3) is 0.500. The van der Waals surface area contributed by atoms with E-state index in [1.807, 2.05) is 6.07 Å². The molecule has 148 valence electrons. The lowest BCUT2D eigenvalue weighted by atomic mass is 9.98. The standard InChI is InChI=1S/C18H21N5O5/c1-13-10-27-12-16(13)9-21-5-6-22(17(21)20-23(25)26)18(24)28-11-15-4-2-3-14(7-15)8-19/h2-4,7,13,16H,5-6,9-12H2,1H3. The fourth-order valence-corrected chi connectivity index (χ4v) is 3.30. The summed E-state index contributed by atoms with van der Waals surface area (Å²) in [7, 11) is 0. The Kier molecular flexibility index (Phi) is 6.06. The lowest BCUT2D eigenvalue weighted by Crippen LogP contribution is -2.41. The minimum Gasteiger partial charge on any atom is -0.444 e. The molecule has 3 rings (SSSR count). The molecule has 0 saturated carbocycles. The number of ether oxygens (including phenoxy) is 2. The summed E-state index contributed by atoms with van der Waals surface area (Å²) in [6.07, 6.45) is -0.707. The third-order valence-corrected chi connectivity index (χ3v) is 4.90. The lowest BCUT2D eigenvalue weighted by molar-refractivity contribution is -0.486. The number of hydrogen-bond acceptors (Lipinski definition) is 6. The van der Waals surface area contributed by atoms with Crippen LogP contribution in [-0.4, -0.2) is 59.7 Å². The topological polar surface area (TPSA) is 121 Å². The maximum atomic E-state index is 12.5. The van der Waals surface area contributed by atoms with E-state index in [9.17, 15) is 14.9 Å². The van der Waals surface area contributed by atoms with Crippen LogP contribution in [0.15, 0.2) is 29.4 Å². The van der Waals surface area contributed by atoms with Crippen molar-refractivity contribution in [1.29, 1.82) is 5.26 Å². The Balaban J connectivity index is 1.66. The third kappa shape index (κ3) is 4.55. The molecule has 2 heterocycles. The number of benzene rings is 1. The van der Waals surface area contributed by atoms with Crippen LogP contribution in [0.25, 0.3) is 0 Å². The molecule has 0 aromatic heterocycles. The zero-order chi connectivity index (χ0) is 20.1. The number of carbonyl (C=O) groups excluding carboxylic acids is 1. The van der Waals surface area contributed by atoms with Crippen LogP contribution < -0.4 is 0 Å². The van der Waals surface area contributed by atoms with E-state index in [0.717, 1.165) is 0 Å². The number of hydrogen-bond donors (Lipinski definition) is 0. The van der Waals surface area contributed by atoms with Gasteiger partial charge >= 0.3 is 6.09 Å². The molecule has 2 unspecified atom stereocenters. The van der Waals surface area contributed by atoms with Gasteiger partial charge in [0.25, 0.3) is 5.96 Å². The van der Waals surface area contributed by atoms with Crippen molar-refractivity contribution in [3.63, 3.8) is 0 Å². The minimum atomic E-state index is -0.807. The van der Waals surface area contributed by atoms with E-state index in [1.54, 1.807) is 29.2 Å². The van der Waals surface area contributed by atoms with Gasteiger partial charge < -0.3 is 14.4 Å². The van der Waals surface area contributed by atoms with Crippen molar-refractivity contribution in [2.45, 2.75) is 13.5 Å². The van der Waals surface area contributed by atoms with Crippen molar-refractivity contribution >= 4 is 12.1 Å². The molecule has 0 N–H and O–H groups in total. The first-order valence-electron chi connectivity index (χ1n) is 8.97. The Morgan fingerprint density at radius 3 is 2.96 bits per heavy atom. The van der Waals surface area contributed by atoms with Crippen LogP contribution in [0.2, 0.25) is 0 Å². The van der Waals surface area contributed by atoms with Crippen molar-refractivity contribution < 1.29 is 19.3 Å². The lowest BCUT2D eigenvalue weighted by Gasteiger charge is -2.23. The molecule has 28 heavy (non-hydrogen) atoms. The van der Waals surface area contributed by atoms with Crippen LogP contribution in [0.1, 0.15) is 18.1 Å². The van der Waals surface area contributed by atoms with E-state index < -0.39 is 11.1 Å². The number of rotatable bonds is 5. The number of carbonyl (C=O) groups is 1. The molecule has 0 spiro atoms. The molecule has 10 nitrogen and oxygen atoms in total. The third-order valence-electron chi connectivity index (χ3n) is 4.90. The predicted octanol–water partition coefficient (Wildman–Crippen LogP) is 1.64. The van der Waals surface area contributed by atoms with Crippen molar-refractivity contribution in [3.05, 3.63) is 45.5 Å². The number of nitro groups is 1. The maximum Gasteiger partial charge on any atom is 0.417 e. The minimum absolute atomic E-state index is 0.0140. The smallest absolute Gasteiger partial charge is 0.417 e. The fourth-order valence-electron chi connectivity index (χ4n) is 3.30. The summed E-state index contributed by atoms with van der Waals surface area (Å²) in [6, 6.07) is 8.73. The van der Waals surface area contributed by atoms with Crippen LogP contribution in [0, 0.1) is 33.3 Å². The number of nitriles is 1. The molecule has 1 aromatic rings. The highest BCUT2D eigenvalue weighted by Crippen LogP contribution is 2.23. The first kappa shape index (κ1) is 19.6. The molecule has 1 amide bonds. The summed E-state index contributed by atoms with van der Waals surface area (Å²) in [6.45, 7) is 4.50. The summed E-state index contributed by atoms with van der Waals surface area (Å²) in [5.74, 6) is 0.548. The molecular formula is C18H21N5O5. The SMILES string of the molecule is CC1COCC1CN1CCN(C(=O)OCc2cccc(C#N)c2)C1=N[N+](=O)[O-]. The Bertz CT molecular complexity index is 821. The van der Waals surface area contributed by atoms with Gasteiger partial charge in [0.2, 0.25) is 0 Å². The van der Waals surface area contributed by atoms with Crippen LogP contribution in [0.3, 0.4) is 0 Å². The van der Waals surface area contributed by atoms with E-state index in [2.05, 4.69) is 12.0 Å². The second-order valence-electron chi connectivity index (χ2n) is 6.88. The van der Waals surface area contributed by atoms with Gasteiger partial charge in [0.05, 0.1) is 24.8 Å². The van der Waals surface area contributed by atoms with Gasteiger partial charge in [-0.25, -0.2) is 19.8 Å². The van der Waals surface area contributed by atoms with Crippen LogP contribution in [0.4, 0.5) is 4.79 Å². The highest BCUT2D eigenvalue weighted by Gasteiger charge is 2.38. The Labute approximate surface area is 162 Å². The van der Waals surface area contributed by atoms with Crippen molar-refractivity contribution in [3.8, 4) is 6.07 Å². The van der Waals surface area contributed by atoms with E-state index >= 15 is 0 Å². The summed E-state index contributed by atoms with van der Waals surface area (Å²) in [5.41, 5.74) is 1.12. The number of hydrazone groups is 1. The van der Waals surface area contributed by atoms with E-state index in [0.29, 0.717) is 43.3 Å². The second kappa shape index (κ2) is 8.67. The first-order valence-corrected chi connectivity index (χ1v) is 8.97. The molecule has 2 aliphatic rings. The van der Waals surface area contributed by atoms with Gasteiger partial charge in [0.1, 0.15) is 11.7 Å². The molecule has 2 fully saturated rings. The zero-order valence-corrected chi connectivity index (χ0v) is 15.5. The van der Waals surface area contributed by atoms with E-state index in [4.69, 9.17) is 14.7 Å². The molecule has 2 atom stereocenters. The summed E-state index contributed by atoms with van der Waals surface area (Å²) in [4.78, 5) is 26.4. The average molecular weight is 387 g/mol. The van der Waals surface area contributed by atoms with Gasteiger partial charge in [-0.3, -0.25) is 0 Å². The Morgan fingerprint density at radius 1 is 1.46 bits per heavy atom. The van der Waals surface area contributed by atoms with Gasteiger partial charge in [-0.05, 0) is 23.6 Å². The largest absolute Gasteiger partial charge is 0.444 e. The molecule has 2 saturated heterocycles. The number of guanidine groups is 1. The number of nitrogens with zero attached hydrogens (tertiary/aromatic N) is 5. The molecule has 10 heteroatoms. The van der Waals surface area contributed by atoms with Crippen molar-refractivity contribution in [2.24, 2.45) is 16.9 Å². The molecular weight excluding hydrogens is 366 g/mol. The summed E-state index contributed by atoms with van der Waals surface area (Å²) < 4.78 is 10.7. The molecule has 1 aromatic carbocycles. The van der Waals surface area contributed by atoms with Gasteiger partial charge in [-0.1, -0.05) is 19.1 Å². The van der Waals surface area contributed by atoms with Crippen molar-refractivity contribution in [2.75, 3.05) is 32.8 Å². The van der Waals surface area contributed by atoms with Crippen LogP contribution in [0.5, 0.6) is 0 Å². The first-order chi connectivity index (χ1) is 13.5. The maximum absolute atomic E-state index is 12.5. The molecule has 0 bridgehead atoms.